The molecule has 0 aliphatic rings. The van der Waals surface area contributed by atoms with E-state index in [-0.39, 0.29) is 28.0 Å². The van der Waals surface area contributed by atoms with Crippen LogP contribution in [0.3, 0.4) is 0 Å². The molecule has 0 amide bonds. The number of carboxylic acids is 1. The van der Waals surface area contributed by atoms with Gasteiger partial charge in [-0.15, -0.1) is 0 Å². The Hall–Kier alpha value is -1.46. The molecule has 0 atom stereocenters. The third kappa shape index (κ3) is 3.77. The van der Waals surface area contributed by atoms with Crippen LogP contribution in [0.2, 0.25) is 10.0 Å². The van der Waals surface area contributed by atoms with Crippen molar-refractivity contribution in [2.45, 2.75) is 13.8 Å². The van der Waals surface area contributed by atoms with Crippen LogP contribution in [-0.4, -0.2) is 30.8 Å². The molecular weight excluding hydrogens is 307 g/mol. The normalized spacial score (nSPS) is 11.1. The topological polar surface area (TPSA) is 72.8 Å². The predicted octanol–water partition coefficient (Wildman–Crippen LogP) is 3.27. The SMILES string of the molecule is COC(=O)C(C)(C)COc1c(Cl)cc(Cl)cc1C(=O)O. The Balaban J connectivity index is 3.04. The molecule has 0 aliphatic carbocycles. The van der Waals surface area contributed by atoms with E-state index in [0.29, 0.717) is 0 Å². The Bertz CT molecular complexity index is 540. The maximum Gasteiger partial charge on any atom is 0.339 e. The van der Waals surface area contributed by atoms with Crippen molar-refractivity contribution in [3.05, 3.63) is 27.7 Å². The van der Waals surface area contributed by atoms with Crippen molar-refractivity contribution < 1.29 is 24.2 Å². The molecule has 0 heterocycles. The highest BCUT2D eigenvalue weighted by Crippen LogP contribution is 2.33. The number of carboxylic acid groups (broad SMARTS) is 1. The lowest BCUT2D eigenvalue weighted by atomic mass is 9.95. The Labute approximate surface area is 126 Å². The molecule has 0 radical (unpaired) electrons. The number of carbonyl (C=O) groups is 2. The molecular formula is C13H14Cl2O5. The van der Waals surface area contributed by atoms with Gasteiger partial charge >= 0.3 is 11.9 Å². The third-order valence-corrected chi connectivity index (χ3v) is 3.05. The van der Waals surface area contributed by atoms with Crippen molar-refractivity contribution in [3.8, 4) is 5.75 Å². The minimum atomic E-state index is -1.22. The van der Waals surface area contributed by atoms with Gasteiger partial charge in [-0.1, -0.05) is 23.2 Å². The Kier molecular flexibility index (Phi) is 5.25. The van der Waals surface area contributed by atoms with E-state index in [2.05, 4.69) is 4.74 Å². The van der Waals surface area contributed by atoms with E-state index < -0.39 is 17.4 Å². The minimum absolute atomic E-state index is 0.0273. The van der Waals surface area contributed by atoms with Crippen LogP contribution >= 0.6 is 23.2 Å². The average Bonchev–Trinajstić information content (AvgIpc) is 2.35. The summed E-state index contributed by atoms with van der Waals surface area (Å²) in [6.07, 6.45) is 0. The highest BCUT2D eigenvalue weighted by molar-refractivity contribution is 6.36. The summed E-state index contributed by atoms with van der Waals surface area (Å²) in [5, 5.41) is 9.36. The smallest absolute Gasteiger partial charge is 0.339 e. The predicted molar refractivity (Wildman–Crippen MR) is 74.7 cm³/mol. The van der Waals surface area contributed by atoms with E-state index in [0.717, 1.165) is 0 Å². The fourth-order valence-corrected chi connectivity index (χ4v) is 2.00. The summed E-state index contributed by atoms with van der Waals surface area (Å²) in [6.45, 7) is 3.15. The van der Waals surface area contributed by atoms with Crippen LogP contribution in [0.5, 0.6) is 5.75 Å². The summed E-state index contributed by atoms with van der Waals surface area (Å²) < 4.78 is 10.0. The minimum Gasteiger partial charge on any atom is -0.490 e. The summed E-state index contributed by atoms with van der Waals surface area (Å²) in [4.78, 5) is 22.7. The number of esters is 1. The van der Waals surface area contributed by atoms with Gasteiger partial charge in [0.1, 0.15) is 12.2 Å². The van der Waals surface area contributed by atoms with Gasteiger partial charge in [0.2, 0.25) is 0 Å². The molecule has 0 bridgehead atoms. The summed E-state index contributed by atoms with van der Waals surface area (Å²) >= 11 is 11.7. The molecule has 0 saturated heterocycles. The van der Waals surface area contributed by atoms with E-state index >= 15 is 0 Å². The number of hydrogen-bond acceptors (Lipinski definition) is 4. The first-order chi connectivity index (χ1) is 9.19. The van der Waals surface area contributed by atoms with Crippen LogP contribution in [0.1, 0.15) is 24.2 Å². The molecule has 0 spiro atoms. The van der Waals surface area contributed by atoms with E-state index in [9.17, 15) is 9.59 Å². The highest BCUT2D eigenvalue weighted by Gasteiger charge is 2.31. The molecule has 5 nitrogen and oxygen atoms in total. The van der Waals surface area contributed by atoms with E-state index in [1.807, 2.05) is 0 Å². The second-order valence-corrected chi connectivity index (χ2v) is 5.58. The zero-order valence-corrected chi connectivity index (χ0v) is 12.7. The Morgan fingerprint density at radius 2 is 1.90 bits per heavy atom. The van der Waals surface area contributed by atoms with Gasteiger partial charge < -0.3 is 14.6 Å². The van der Waals surface area contributed by atoms with Crippen LogP contribution in [0, 0.1) is 5.41 Å². The van der Waals surface area contributed by atoms with Gasteiger partial charge in [0, 0.05) is 5.02 Å². The molecule has 1 aromatic rings. The first-order valence-corrected chi connectivity index (χ1v) is 6.38. The summed E-state index contributed by atoms with van der Waals surface area (Å²) in [6, 6.07) is 2.60. The van der Waals surface area contributed by atoms with Crippen molar-refractivity contribution in [1.82, 2.24) is 0 Å². The van der Waals surface area contributed by atoms with Crippen LogP contribution in [0.4, 0.5) is 0 Å². The van der Waals surface area contributed by atoms with Crippen molar-refractivity contribution in [1.29, 1.82) is 0 Å². The van der Waals surface area contributed by atoms with Crippen LogP contribution in [0.15, 0.2) is 12.1 Å². The number of halogens is 2. The van der Waals surface area contributed by atoms with Gasteiger partial charge in [-0.3, -0.25) is 4.79 Å². The third-order valence-electron chi connectivity index (χ3n) is 2.55. The molecule has 1 N–H and O–H groups in total. The van der Waals surface area contributed by atoms with Gasteiger partial charge in [-0.25, -0.2) is 4.79 Å². The molecule has 0 aromatic heterocycles. The molecule has 0 aliphatic heterocycles. The van der Waals surface area contributed by atoms with Gasteiger partial charge in [-0.05, 0) is 26.0 Å². The molecule has 1 rings (SSSR count). The standard InChI is InChI=1S/C13H14Cl2O5/c1-13(2,12(18)19-3)6-20-10-8(11(16)17)4-7(14)5-9(10)15/h4-5H,6H2,1-3H3,(H,16,17). The lowest BCUT2D eigenvalue weighted by Gasteiger charge is -2.22. The van der Waals surface area contributed by atoms with Crippen molar-refractivity contribution in [3.63, 3.8) is 0 Å². The maximum absolute atomic E-state index is 11.5. The fraction of sp³-hybridized carbons (Fsp3) is 0.385. The van der Waals surface area contributed by atoms with Gasteiger partial charge in [-0.2, -0.15) is 0 Å². The number of carbonyl (C=O) groups excluding carboxylic acids is 1. The van der Waals surface area contributed by atoms with Crippen molar-refractivity contribution >= 4 is 35.1 Å². The number of ether oxygens (including phenoxy) is 2. The van der Waals surface area contributed by atoms with Gasteiger partial charge in [0.05, 0.1) is 17.5 Å². The molecule has 1 aromatic carbocycles. The van der Waals surface area contributed by atoms with E-state index in [1.165, 1.54) is 19.2 Å². The first-order valence-electron chi connectivity index (χ1n) is 5.62. The second-order valence-electron chi connectivity index (χ2n) is 4.73. The largest absolute Gasteiger partial charge is 0.490 e. The monoisotopic (exact) mass is 320 g/mol. The summed E-state index contributed by atoms with van der Waals surface area (Å²) in [5.41, 5.74) is -1.10. The van der Waals surface area contributed by atoms with Crippen molar-refractivity contribution in [2.24, 2.45) is 5.41 Å². The maximum atomic E-state index is 11.5. The first kappa shape index (κ1) is 16.6. The van der Waals surface area contributed by atoms with Crippen LogP contribution in [-0.2, 0) is 9.53 Å². The molecule has 7 heteroatoms. The Morgan fingerprint density at radius 1 is 1.30 bits per heavy atom. The molecule has 20 heavy (non-hydrogen) atoms. The summed E-state index contributed by atoms with van der Waals surface area (Å²) in [5.74, 6) is -1.72. The summed E-state index contributed by atoms with van der Waals surface area (Å²) in [7, 11) is 1.27. The molecule has 0 fully saturated rings. The number of rotatable bonds is 5. The number of hydrogen-bond donors (Lipinski definition) is 1. The number of aromatic carboxylic acids is 1. The van der Waals surface area contributed by atoms with Gasteiger partial charge in [0.15, 0.2) is 5.75 Å². The van der Waals surface area contributed by atoms with E-state index in [4.69, 9.17) is 33.0 Å². The van der Waals surface area contributed by atoms with Crippen LogP contribution < -0.4 is 4.74 Å². The second kappa shape index (κ2) is 6.33. The highest BCUT2D eigenvalue weighted by atomic mass is 35.5. The number of methoxy groups -OCH3 is 1. The van der Waals surface area contributed by atoms with Crippen LogP contribution in [0.25, 0.3) is 0 Å². The van der Waals surface area contributed by atoms with E-state index in [1.54, 1.807) is 13.8 Å². The lowest BCUT2D eigenvalue weighted by Crippen LogP contribution is -2.32. The van der Waals surface area contributed by atoms with Gasteiger partial charge in [0.25, 0.3) is 0 Å². The average molecular weight is 321 g/mol. The van der Waals surface area contributed by atoms with Crippen molar-refractivity contribution in [2.75, 3.05) is 13.7 Å². The fourth-order valence-electron chi connectivity index (χ4n) is 1.45. The quantitative estimate of drug-likeness (QED) is 0.843. The molecule has 110 valence electrons. The molecule has 0 unspecified atom stereocenters. The molecule has 0 saturated carbocycles. The zero-order chi connectivity index (χ0) is 15.5. The lowest BCUT2D eigenvalue weighted by molar-refractivity contribution is -0.152. The zero-order valence-electron chi connectivity index (χ0n) is 11.2. The Morgan fingerprint density at radius 3 is 2.40 bits per heavy atom. The number of benzene rings is 1.